The van der Waals surface area contributed by atoms with Gasteiger partial charge in [-0.05, 0) is 18.2 Å². The zero-order valence-electron chi connectivity index (χ0n) is 13.8. The average Bonchev–Trinajstić information content (AvgIpc) is 2.59. The number of hydrogen-bond acceptors (Lipinski definition) is 5. The lowest BCUT2D eigenvalue weighted by Gasteiger charge is -2.14. The smallest absolute Gasteiger partial charge is 0.293 e. The van der Waals surface area contributed by atoms with Crippen LogP contribution in [0.4, 0.5) is 11.4 Å². The minimum atomic E-state index is -0.494. The molecule has 0 saturated heterocycles. The minimum Gasteiger partial charge on any atom is -0.496 e. The second-order valence-corrected chi connectivity index (χ2v) is 5.35. The van der Waals surface area contributed by atoms with Crippen LogP contribution in [0.1, 0.15) is 15.9 Å². The standard InChI is InChI=1S/C17H19N3O4/c1-19(2)14-9-8-12(10-15(14)20(22)23)17(21)18-11-13-6-4-5-7-16(13)24-3/h4-10H,11H2,1-3H3,(H,18,21). The number of para-hydroxylation sites is 1. The molecule has 0 saturated carbocycles. The van der Waals surface area contributed by atoms with Crippen molar-refractivity contribution in [2.75, 3.05) is 26.1 Å². The van der Waals surface area contributed by atoms with Gasteiger partial charge >= 0.3 is 0 Å². The van der Waals surface area contributed by atoms with Crippen LogP contribution in [0.2, 0.25) is 0 Å². The molecular formula is C17H19N3O4. The summed E-state index contributed by atoms with van der Waals surface area (Å²) in [6, 6.07) is 11.8. The monoisotopic (exact) mass is 329 g/mol. The highest BCUT2D eigenvalue weighted by Gasteiger charge is 2.18. The van der Waals surface area contributed by atoms with E-state index in [1.54, 1.807) is 44.3 Å². The molecule has 2 aromatic rings. The van der Waals surface area contributed by atoms with Gasteiger partial charge in [0.2, 0.25) is 0 Å². The van der Waals surface area contributed by atoms with E-state index in [2.05, 4.69) is 5.32 Å². The summed E-state index contributed by atoms with van der Waals surface area (Å²) < 4.78 is 5.23. The number of nitrogens with zero attached hydrogens (tertiary/aromatic N) is 2. The molecule has 0 fully saturated rings. The molecule has 0 aliphatic carbocycles. The number of nitro groups is 1. The first kappa shape index (κ1) is 17.3. The molecule has 24 heavy (non-hydrogen) atoms. The summed E-state index contributed by atoms with van der Waals surface area (Å²) in [5.41, 5.74) is 1.40. The van der Waals surface area contributed by atoms with E-state index >= 15 is 0 Å². The van der Waals surface area contributed by atoms with E-state index in [0.29, 0.717) is 11.4 Å². The van der Waals surface area contributed by atoms with Crippen LogP contribution in [0.15, 0.2) is 42.5 Å². The SMILES string of the molecule is COc1ccccc1CNC(=O)c1ccc(N(C)C)c([N+](=O)[O-])c1. The Morgan fingerprint density at radius 3 is 2.58 bits per heavy atom. The van der Waals surface area contributed by atoms with E-state index in [4.69, 9.17) is 4.74 Å². The third kappa shape index (κ3) is 3.81. The Morgan fingerprint density at radius 2 is 1.96 bits per heavy atom. The minimum absolute atomic E-state index is 0.107. The Balaban J connectivity index is 2.18. The normalized spacial score (nSPS) is 10.1. The predicted octanol–water partition coefficient (Wildman–Crippen LogP) is 2.60. The molecule has 0 radical (unpaired) electrons. The molecule has 0 aliphatic rings. The van der Waals surface area contributed by atoms with Crippen molar-refractivity contribution in [1.29, 1.82) is 0 Å². The Morgan fingerprint density at radius 1 is 1.25 bits per heavy atom. The molecule has 1 N–H and O–H groups in total. The molecule has 2 rings (SSSR count). The van der Waals surface area contributed by atoms with E-state index in [9.17, 15) is 14.9 Å². The number of amides is 1. The topological polar surface area (TPSA) is 84.7 Å². The largest absolute Gasteiger partial charge is 0.496 e. The number of nitro benzene ring substituents is 1. The fraction of sp³-hybridized carbons (Fsp3) is 0.235. The van der Waals surface area contributed by atoms with Crippen molar-refractivity contribution in [3.8, 4) is 5.75 Å². The number of carbonyl (C=O) groups is 1. The number of anilines is 1. The number of benzene rings is 2. The molecular weight excluding hydrogens is 310 g/mol. The molecule has 126 valence electrons. The molecule has 0 bridgehead atoms. The summed E-state index contributed by atoms with van der Waals surface area (Å²) in [7, 11) is 4.98. The van der Waals surface area contributed by atoms with Gasteiger partial charge < -0.3 is 15.0 Å². The quantitative estimate of drug-likeness (QED) is 0.650. The summed E-state index contributed by atoms with van der Waals surface area (Å²) in [5, 5.41) is 13.9. The van der Waals surface area contributed by atoms with Crippen LogP contribution in [0, 0.1) is 10.1 Å². The van der Waals surface area contributed by atoms with E-state index < -0.39 is 4.92 Å². The van der Waals surface area contributed by atoms with Crippen LogP contribution >= 0.6 is 0 Å². The Kier molecular flexibility index (Phi) is 5.36. The molecule has 0 aliphatic heterocycles. The van der Waals surface area contributed by atoms with Crippen molar-refractivity contribution in [1.82, 2.24) is 5.32 Å². The lowest BCUT2D eigenvalue weighted by Crippen LogP contribution is -2.23. The molecule has 0 unspecified atom stereocenters. The van der Waals surface area contributed by atoms with E-state index in [1.165, 1.54) is 6.07 Å². The lowest BCUT2D eigenvalue weighted by molar-refractivity contribution is -0.384. The van der Waals surface area contributed by atoms with Gasteiger partial charge in [-0.25, -0.2) is 0 Å². The first-order chi connectivity index (χ1) is 11.4. The number of ether oxygens (including phenoxy) is 1. The molecule has 0 heterocycles. The van der Waals surface area contributed by atoms with Gasteiger partial charge in [0.05, 0.1) is 12.0 Å². The Bertz CT molecular complexity index is 759. The van der Waals surface area contributed by atoms with Crippen molar-refractivity contribution < 1.29 is 14.5 Å². The maximum atomic E-state index is 12.3. The van der Waals surface area contributed by atoms with Gasteiger partial charge in [-0.15, -0.1) is 0 Å². The molecule has 1 amide bonds. The number of rotatable bonds is 6. The average molecular weight is 329 g/mol. The molecule has 2 aromatic carbocycles. The van der Waals surface area contributed by atoms with E-state index in [-0.39, 0.29) is 23.7 Å². The third-order valence-electron chi connectivity index (χ3n) is 3.55. The Labute approximate surface area is 140 Å². The van der Waals surface area contributed by atoms with Gasteiger partial charge in [0, 0.05) is 37.8 Å². The molecule has 7 nitrogen and oxygen atoms in total. The highest BCUT2D eigenvalue weighted by molar-refractivity contribution is 5.95. The third-order valence-corrected chi connectivity index (χ3v) is 3.55. The summed E-state index contributed by atoms with van der Waals surface area (Å²) in [6.45, 7) is 0.270. The Hall–Kier alpha value is -3.09. The highest BCUT2D eigenvalue weighted by Crippen LogP contribution is 2.27. The van der Waals surface area contributed by atoms with Crippen molar-refractivity contribution in [3.63, 3.8) is 0 Å². The molecule has 7 heteroatoms. The lowest BCUT2D eigenvalue weighted by atomic mass is 10.1. The van der Waals surface area contributed by atoms with Crippen LogP contribution in [0.5, 0.6) is 5.75 Å². The zero-order valence-corrected chi connectivity index (χ0v) is 13.8. The van der Waals surface area contributed by atoms with Crippen molar-refractivity contribution in [3.05, 3.63) is 63.7 Å². The number of carbonyl (C=O) groups excluding carboxylic acids is 1. The molecule has 0 spiro atoms. The van der Waals surface area contributed by atoms with Gasteiger partial charge in [0.1, 0.15) is 11.4 Å². The number of methoxy groups -OCH3 is 1. The predicted molar refractivity (Wildman–Crippen MR) is 91.6 cm³/mol. The first-order valence-electron chi connectivity index (χ1n) is 7.30. The van der Waals surface area contributed by atoms with Crippen molar-refractivity contribution in [2.45, 2.75) is 6.54 Å². The van der Waals surface area contributed by atoms with Crippen LogP contribution in [-0.2, 0) is 6.54 Å². The van der Waals surface area contributed by atoms with Crippen LogP contribution < -0.4 is 15.0 Å². The number of hydrogen-bond donors (Lipinski definition) is 1. The summed E-state index contributed by atoms with van der Waals surface area (Å²) in [4.78, 5) is 24.6. The van der Waals surface area contributed by atoms with Gasteiger partial charge in [0.15, 0.2) is 0 Å². The maximum Gasteiger partial charge on any atom is 0.293 e. The first-order valence-corrected chi connectivity index (χ1v) is 7.30. The maximum absolute atomic E-state index is 12.3. The van der Waals surface area contributed by atoms with Crippen LogP contribution in [-0.4, -0.2) is 32.0 Å². The second-order valence-electron chi connectivity index (χ2n) is 5.35. The highest BCUT2D eigenvalue weighted by atomic mass is 16.6. The van der Waals surface area contributed by atoms with Crippen LogP contribution in [0.25, 0.3) is 0 Å². The van der Waals surface area contributed by atoms with E-state index in [1.807, 2.05) is 18.2 Å². The van der Waals surface area contributed by atoms with Gasteiger partial charge in [0.25, 0.3) is 11.6 Å². The summed E-state index contributed by atoms with van der Waals surface area (Å²) >= 11 is 0. The fourth-order valence-corrected chi connectivity index (χ4v) is 2.32. The summed E-state index contributed by atoms with van der Waals surface area (Å²) in [5.74, 6) is 0.293. The van der Waals surface area contributed by atoms with E-state index in [0.717, 1.165) is 5.56 Å². The fourth-order valence-electron chi connectivity index (χ4n) is 2.32. The second kappa shape index (κ2) is 7.45. The summed E-state index contributed by atoms with van der Waals surface area (Å²) in [6.07, 6.45) is 0. The molecule has 0 atom stereocenters. The van der Waals surface area contributed by atoms with Gasteiger partial charge in [-0.2, -0.15) is 0 Å². The van der Waals surface area contributed by atoms with Crippen LogP contribution in [0.3, 0.4) is 0 Å². The number of nitrogens with one attached hydrogen (secondary N) is 1. The van der Waals surface area contributed by atoms with Gasteiger partial charge in [-0.3, -0.25) is 14.9 Å². The van der Waals surface area contributed by atoms with Crippen molar-refractivity contribution >= 4 is 17.3 Å². The zero-order chi connectivity index (χ0) is 17.7. The van der Waals surface area contributed by atoms with Crippen molar-refractivity contribution in [2.24, 2.45) is 0 Å². The molecule has 0 aromatic heterocycles. The van der Waals surface area contributed by atoms with Gasteiger partial charge in [-0.1, -0.05) is 18.2 Å².